The maximum atomic E-state index is 12.5. The molecule has 0 radical (unpaired) electrons. The number of rotatable bonds is 5. The van der Waals surface area contributed by atoms with Crippen LogP contribution in [0, 0.1) is 0 Å². The van der Waals surface area contributed by atoms with Gasteiger partial charge in [0, 0.05) is 15.2 Å². The van der Waals surface area contributed by atoms with Gasteiger partial charge < -0.3 is 4.74 Å². The van der Waals surface area contributed by atoms with Crippen LogP contribution in [0.25, 0.3) is 0 Å². The van der Waals surface area contributed by atoms with Gasteiger partial charge in [0.25, 0.3) is 10.0 Å². The van der Waals surface area contributed by atoms with Gasteiger partial charge in [-0.3, -0.25) is 4.72 Å². The van der Waals surface area contributed by atoms with Gasteiger partial charge in [0.1, 0.15) is 10.6 Å². The van der Waals surface area contributed by atoms with E-state index in [1.54, 1.807) is 37.3 Å². The molecule has 0 spiro atoms. The van der Waals surface area contributed by atoms with Crippen LogP contribution >= 0.6 is 27.5 Å². The molecule has 1 N–H and O–H groups in total. The molecular weight excluding hydrogens is 378 g/mol. The van der Waals surface area contributed by atoms with E-state index in [-0.39, 0.29) is 10.6 Å². The molecule has 0 amide bonds. The molecule has 0 aliphatic rings. The van der Waals surface area contributed by atoms with Crippen LogP contribution in [0.3, 0.4) is 0 Å². The fraction of sp³-hybridized carbons (Fsp3) is 0.143. The summed E-state index contributed by atoms with van der Waals surface area (Å²) in [4.78, 5) is 0.0109. The Morgan fingerprint density at radius 1 is 1.24 bits per heavy atom. The topological polar surface area (TPSA) is 55.4 Å². The normalized spacial score (nSPS) is 11.2. The molecule has 0 atom stereocenters. The first-order valence-corrected chi connectivity index (χ1v) is 8.78. The van der Waals surface area contributed by atoms with E-state index in [4.69, 9.17) is 16.3 Å². The van der Waals surface area contributed by atoms with Gasteiger partial charge in [-0.1, -0.05) is 33.6 Å². The van der Waals surface area contributed by atoms with Gasteiger partial charge >= 0.3 is 0 Å². The Bertz CT molecular complexity index is 750. The number of ether oxygens (including phenoxy) is 1. The second-order valence-corrected chi connectivity index (χ2v) is 7.14. The van der Waals surface area contributed by atoms with E-state index in [1.165, 1.54) is 6.07 Å². The number of nitrogens with one attached hydrogen (secondary N) is 1. The third-order valence-corrected chi connectivity index (χ3v) is 4.70. The highest BCUT2D eigenvalue weighted by molar-refractivity contribution is 9.10. The van der Waals surface area contributed by atoms with Gasteiger partial charge in [-0.05, 0) is 43.3 Å². The summed E-state index contributed by atoms with van der Waals surface area (Å²) >= 11 is 9.19. The van der Waals surface area contributed by atoms with Gasteiger partial charge in [0.15, 0.2) is 0 Å². The summed E-state index contributed by atoms with van der Waals surface area (Å²) < 4.78 is 33.6. The summed E-state index contributed by atoms with van der Waals surface area (Å²) in [5.41, 5.74) is 0.451. The lowest BCUT2D eigenvalue weighted by atomic mass is 10.3. The van der Waals surface area contributed by atoms with Crippen molar-refractivity contribution >= 4 is 43.2 Å². The van der Waals surface area contributed by atoms with Gasteiger partial charge in [-0.15, -0.1) is 0 Å². The largest absolute Gasteiger partial charge is 0.492 e. The number of hydrogen-bond acceptors (Lipinski definition) is 3. The zero-order chi connectivity index (χ0) is 15.5. The van der Waals surface area contributed by atoms with Crippen LogP contribution in [0.15, 0.2) is 51.8 Å². The zero-order valence-electron chi connectivity index (χ0n) is 11.1. The van der Waals surface area contributed by atoms with Gasteiger partial charge in [-0.25, -0.2) is 8.42 Å². The van der Waals surface area contributed by atoms with Crippen molar-refractivity contribution in [2.45, 2.75) is 11.8 Å². The van der Waals surface area contributed by atoms with Crippen molar-refractivity contribution in [2.24, 2.45) is 0 Å². The number of benzene rings is 2. The van der Waals surface area contributed by atoms with Gasteiger partial charge in [-0.2, -0.15) is 0 Å². The maximum Gasteiger partial charge on any atom is 0.265 e. The fourth-order valence-corrected chi connectivity index (χ4v) is 3.59. The van der Waals surface area contributed by atoms with E-state index in [0.29, 0.717) is 17.3 Å². The van der Waals surface area contributed by atoms with E-state index in [1.807, 2.05) is 6.07 Å². The Labute approximate surface area is 137 Å². The van der Waals surface area contributed by atoms with E-state index < -0.39 is 10.0 Å². The Morgan fingerprint density at radius 2 is 2.00 bits per heavy atom. The molecule has 0 aliphatic heterocycles. The summed E-state index contributed by atoms with van der Waals surface area (Å²) in [6.07, 6.45) is 0. The molecule has 0 heterocycles. The third kappa shape index (κ3) is 4.12. The summed E-state index contributed by atoms with van der Waals surface area (Å²) in [5, 5.41) is 0.327. The monoisotopic (exact) mass is 389 g/mol. The van der Waals surface area contributed by atoms with Crippen molar-refractivity contribution in [3.05, 3.63) is 52.0 Å². The van der Waals surface area contributed by atoms with E-state index in [2.05, 4.69) is 20.7 Å². The Kier molecular flexibility index (Phi) is 5.13. The number of halogens is 2. The van der Waals surface area contributed by atoms with Crippen molar-refractivity contribution in [3.8, 4) is 5.75 Å². The highest BCUT2D eigenvalue weighted by Crippen LogP contribution is 2.29. The molecule has 21 heavy (non-hydrogen) atoms. The molecule has 2 aromatic rings. The molecule has 2 rings (SSSR count). The fourth-order valence-electron chi connectivity index (χ4n) is 1.73. The molecule has 2 aromatic carbocycles. The van der Waals surface area contributed by atoms with Crippen LogP contribution in [0.4, 0.5) is 5.69 Å². The van der Waals surface area contributed by atoms with Crippen molar-refractivity contribution in [3.63, 3.8) is 0 Å². The quantitative estimate of drug-likeness (QED) is 0.828. The first kappa shape index (κ1) is 16.1. The Morgan fingerprint density at radius 3 is 2.67 bits per heavy atom. The predicted molar refractivity (Wildman–Crippen MR) is 87.6 cm³/mol. The maximum absolute atomic E-state index is 12.5. The van der Waals surface area contributed by atoms with Crippen LogP contribution in [0.1, 0.15) is 6.92 Å². The number of hydrogen-bond donors (Lipinski definition) is 1. The van der Waals surface area contributed by atoms with Crippen LogP contribution < -0.4 is 9.46 Å². The van der Waals surface area contributed by atoms with Crippen molar-refractivity contribution < 1.29 is 13.2 Å². The molecule has 0 aliphatic carbocycles. The second-order valence-electron chi connectivity index (χ2n) is 4.14. The van der Waals surface area contributed by atoms with E-state index >= 15 is 0 Å². The summed E-state index contributed by atoms with van der Waals surface area (Å²) in [6.45, 7) is 2.15. The molecule has 0 saturated heterocycles. The lowest BCUT2D eigenvalue weighted by molar-refractivity contribution is 0.331. The SMILES string of the molecule is CCOc1ccc(Cl)cc1S(=O)(=O)Nc1cccc(Br)c1. The van der Waals surface area contributed by atoms with Crippen LogP contribution in [0.5, 0.6) is 5.75 Å². The third-order valence-electron chi connectivity index (χ3n) is 2.57. The predicted octanol–water partition coefficient (Wildman–Crippen LogP) is 4.30. The molecule has 112 valence electrons. The van der Waals surface area contributed by atoms with E-state index in [0.717, 1.165) is 4.47 Å². The highest BCUT2D eigenvalue weighted by Gasteiger charge is 2.20. The van der Waals surface area contributed by atoms with Crippen molar-refractivity contribution in [1.29, 1.82) is 0 Å². The van der Waals surface area contributed by atoms with Gasteiger partial charge in [0.05, 0.1) is 6.61 Å². The summed E-state index contributed by atoms with van der Waals surface area (Å²) in [7, 11) is -3.79. The minimum absolute atomic E-state index is 0.0109. The summed E-state index contributed by atoms with van der Waals surface area (Å²) in [5.74, 6) is 0.268. The smallest absolute Gasteiger partial charge is 0.265 e. The lowest BCUT2D eigenvalue weighted by Gasteiger charge is -2.13. The Hall–Kier alpha value is -1.24. The average Bonchev–Trinajstić information content (AvgIpc) is 2.40. The zero-order valence-corrected chi connectivity index (χ0v) is 14.3. The molecular formula is C14H13BrClNO3S. The molecule has 0 saturated carbocycles. The standard InChI is InChI=1S/C14H13BrClNO3S/c1-2-20-13-7-6-11(16)9-14(13)21(18,19)17-12-5-3-4-10(15)8-12/h3-9,17H,2H2,1H3. The van der Waals surface area contributed by atoms with Crippen LogP contribution in [0.2, 0.25) is 5.02 Å². The first-order valence-electron chi connectivity index (χ1n) is 6.13. The van der Waals surface area contributed by atoms with E-state index in [9.17, 15) is 8.42 Å². The van der Waals surface area contributed by atoms with Crippen molar-refractivity contribution in [2.75, 3.05) is 11.3 Å². The molecule has 0 unspecified atom stereocenters. The second kappa shape index (κ2) is 6.68. The molecule has 0 aromatic heterocycles. The average molecular weight is 391 g/mol. The molecule has 0 fully saturated rings. The summed E-state index contributed by atoms with van der Waals surface area (Å²) in [6, 6.07) is 11.4. The molecule has 7 heteroatoms. The highest BCUT2D eigenvalue weighted by atomic mass is 79.9. The number of anilines is 1. The molecule has 0 bridgehead atoms. The van der Waals surface area contributed by atoms with Crippen molar-refractivity contribution in [1.82, 2.24) is 0 Å². The minimum Gasteiger partial charge on any atom is -0.492 e. The minimum atomic E-state index is -3.79. The lowest BCUT2D eigenvalue weighted by Crippen LogP contribution is -2.14. The van der Waals surface area contributed by atoms with Crippen LogP contribution in [-0.2, 0) is 10.0 Å². The Balaban J connectivity index is 2.41. The number of sulfonamides is 1. The molecule has 4 nitrogen and oxygen atoms in total. The van der Waals surface area contributed by atoms with Gasteiger partial charge in [0.2, 0.25) is 0 Å². The van der Waals surface area contributed by atoms with Crippen LogP contribution in [-0.4, -0.2) is 15.0 Å². The first-order chi connectivity index (χ1) is 9.92.